The van der Waals surface area contributed by atoms with E-state index in [1.165, 1.54) is 12.1 Å². The quantitative estimate of drug-likeness (QED) is 0.380. The molecule has 0 aliphatic carbocycles. The van der Waals surface area contributed by atoms with Gasteiger partial charge in [0, 0.05) is 25.1 Å². The summed E-state index contributed by atoms with van der Waals surface area (Å²) in [5.41, 5.74) is 6.61. The van der Waals surface area contributed by atoms with Crippen LogP contribution in [0.2, 0.25) is 10.0 Å². The molecule has 0 saturated heterocycles. The summed E-state index contributed by atoms with van der Waals surface area (Å²) in [5.74, 6) is -0.746. The molecule has 188 valence electrons. The molecule has 3 aromatic rings. The van der Waals surface area contributed by atoms with Gasteiger partial charge < -0.3 is 25.7 Å². The molecular formula is C23H25Cl2F2N5O3. The lowest BCUT2D eigenvalue weighted by Gasteiger charge is -2.19. The third-order valence-electron chi connectivity index (χ3n) is 5.14. The number of benzene rings is 2. The number of carbonyl (C=O) groups excluding carboxylic acids is 2. The third kappa shape index (κ3) is 5.94. The van der Waals surface area contributed by atoms with Crippen LogP contribution < -0.4 is 21.1 Å². The highest BCUT2D eigenvalue weighted by molar-refractivity contribution is 6.39. The molecule has 4 N–H and O–H groups in total. The number of nitrogens with zero attached hydrogens (tertiary/aromatic N) is 2. The third-order valence-corrected chi connectivity index (χ3v) is 5.89. The molecule has 1 aromatic heterocycles. The summed E-state index contributed by atoms with van der Waals surface area (Å²) in [5, 5.41) is 6.51. The van der Waals surface area contributed by atoms with Crippen molar-refractivity contribution >= 4 is 57.7 Å². The zero-order valence-corrected chi connectivity index (χ0v) is 21.0. The van der Waals surface area contributed by atoms with Crippen LogP contribution in [0.1, 0.15) is 36.7 Å². The zero-order chi connectivity index (χ0) is 26.1. The number of halogens is 4. The van der Waals surface area contributed by atoms with Crippen molar-refractivity contribution in [3.63, 3.8) is 0 Å². The van der Waals surface area contributed by atoms with E-state index in [9.17, 15) is 18.4 Å². The van der Waals surface area contributed by atoms with Crippen molar-refractivity contribution in [2.45, 2.75) is 33.7 Å². The highest BCUT2D eigenvalue weighted by Gasteiger charge is 2.22. The standard InChI is InChI=1S/C23H25Cl2F2N5O3/c1-23(2,3)21(34)29-9-11-5-6-13(24)19(18(11)25)31-22-30-14-7-12(20(28)33)16(35-10-17(26)27)8-15(14)32(22)4/h5-8,17H,9-10H2,1-4H3,(H2,28,33)(H,29,34)(H,30,31). The maximum atomic E-state index is 12.6. The molecule has 12 heteroatoms. The second kappa shape index (κ2) is 10.2. The van der Waals surface area contributed by atoms with E-state index in [4.69, 9.17) is 33.7 Å². The minimum atomic E-state index is -2.72. The average molecular weight is 528 g/mol. The van der Waals surface area contributed by atoms with Crippen LogP contribution in [0.15, 0.2) is 24.3 Å². The van der Waals surface area contributed by atoms with Gasteiger partial charge in [0.05, 0.1) is 32.3 Å². The number of imidazole rings is 1. The highest BCUT2D eigenvalue weighted by atomic mass is 35.5. The number of anilines is 2. The van der Waals surface area contributed by atoms with E-state index >= 15 is 0 Å². The van der Waals surface area contributed by atoms with E-state index in [-0.39, 0.29) is 28.8 Å². The molecule has 0 fully saturated rings. The summed E-state index contributed by atoms with van der Waals surface area (Å²) in [4.78, 5) is 28.5. The summed E-state index contributed by atoms with van der Waals surface area (Å²) in [6, 6.07) is 6.13. The number of alkyl halides is 2. The Hall–Kier alpha value is -3.11. The molecule has 0 saturated carbocycles. The summed E-state index contributed by atoms with van der Waals surface area (Å²) in [6.45, 7) is 4.71. The molecule has 8 nitrogen and oxygen atoms in total. The smallest absolute Gasteiger partial charge is 0.272 e. The van der Waals surface area contributed by atoms with E-state index in [0.29, 0.717) is 33.3 Å². The average Bonchev–Trinajstić information content (AvgIpc) is 3.07. The zero-order valence-electron chi connectivity index (χ0n) is 19.5. The van der Waals surface area contributed by atoms with Gasteiger partial charge in [-0.1, -0.05) is 50.0 Å². The van der Waals surface area contributed by atoms with E-state index in [1.807, 2.05) is 0 Å². The number of hydrogen-bond donors (Lipinski definition) is 3. The first kappa shape index (κ1) is 26.5. The van der Waals surface area contributed by atoms with Gasteiger partial charge in [-0.05, 0) is 17.7 Å². The molecule has 3 rings (SSSR count). The lowest BCUT2D eigenvalue weighted by atomic mass is 9.95. The van der Waals surface area contributed by atoms with Gasteiger partial charge in [0.15, 0.2) is 0 Å². The van der Waals surface area contributed by atoms with Gasteiger partial charge in [-0.25, -0.2) is 13.8 Å². The number of ether oxygens (including phenoxy) is 1. The van der Waals surface area contributed by atoms with Crippen molar-refractivity contribution in [2.24, 2.45) is 18.2 Å². The number of fused-ring (bicyclic) bond motifs is 1. The lowest BCUT2D eigenvalue weighted by Crippen LogP contribution is -2.34. The first-order chi connectivity index (χ1) is 16.3. The molecule has 0 spiro atoms. The SMILES string of the molecule is Cn1c(Nc2c(Cl)ccc(CNC(=O)C(C)(C)C)c2Cl)nc2cc(C(N)=O)c(OCC(F)F)cc21. The number of rotatable bonds is 8. The van der Waals surface area contributed by atoms with Crippen LogP contribution in [0.5, 0.6) is 5.75 Å². The van der Waals surface area contributed by atoms with Gasteiger partial charge in [-0.3, -0.25) is 9.59 Å². The number of nitrogens with two attached hydrogens (primary N) is 1. The summed E-state index contributed by atoms with van der Waals surface area (Å²) in [6.07, 6.45) is -2.72. The first-order valence-electron chi connectivity index (χ1n) is 10.5. The van der Waals surface area contributed by atoms with Crippen LogP contribution in [0.4, 0.5) is 20.4 Å². The van der Waals surface area contributed by atoms with E-state index < -0.39 is 24.4 Å². The molecule has 0 unspecified atom stereocenters. The predicted molar refractivity (Wildman–Crippen MR) is 132 cm³/mol. The molecule has 0 radical (unpaired) electrons. The van der Waals surface area contributed by atoms with Gasteiger partial charge in [-0.15, -0.1) is 0 Å². The maximum Gasteiger partial charge on any atom is 0.272 e. The topological polar surface area (TPSA) is 111 Å². The Labute approximate surface area is 210 Å². The first-order valence-corrected chi connectivity index (χ1v) is 11.3. The molecular weight excluding hydrogens is 503 g/mol. The number of carbonyl (C=O) groups is 2. The largest absolute Gasteiger partial charge is 0.487 e. The highest BCUT2D eigenvalue weighted by Crippen LogP contribution is 2.36. The number of primary amides is 1. The van der Waals surface area contributed by atoms with Crippen LogP contribution >= 0.6 is 23.2 Å². The Morgan fingerprint density at radius 3 is 2.51 bits per heavy atom. The minimum absolute atomic E-state index is 0.0737. The van der Waals surface area contributed by atoms with Gasteiger partial charge >= 0.3 is 0 Å². The molecule has 0 aliphatic heterocycles. The van der Waals surface area contributed by atoms with Crippen LogP contribution in [0, 0.1) is 5.41 Å². The Morgan fingerprint density at radius 1 is 1.23 bits per heavy atom. The molecule has 0 bridgehead atoms. The fourth-order valence-electron chi connectivity index (χ4n) is 3.19. The van der Waals surface area contributed by atoms with E-state index in [1.54, 1.807) is 44.5 Å². The van der Waals surface area contributed by atoms with Gasteiger partial charge in [0.25, 0.3) is 12.3 Å². The normalized spacial score (nSPS) is 11.7. The molecule has 2 amide bonds. The Bertz CT molecular complexity index is 1290. The van der Waals surface area contributed by atoms with Crippen LogP contribution in [0.25, 0.3) is 11.0 Å². The number of aryl methyl sites for hydroxylation is 1. The molecule has 35 heavy (non-hydrogen) atoms. The summed E-state index contributed by atoms with van der Waals surface area (Å²) < 4.78 is 32.0. The number of aromatic nitrogens is 2. The summed E-state index contributed by atoms with van der Waals surface area (Å²) in [7, 11) is 1.67. The molecule has 1 heterocycles. The maximum absolute atomic E-state index is 12.6. The van der Waals surface area contributed by atoms with E-state index in [2.05, 4.69) is 15.6 Å². The van der Waals surface area contributed by atoms with Crippen molar-refractivity contribution in [3.8, 4) is 5.75 Å². The number of hydrogen-bond acceptors (Lipinski definition) is 5. The molecule has 0 atom stereocenters. The Balaban J connectivity index is 1.96. The van der Waals surface area contributed by atoms with Crippen LogP contribution in [0.3, 0.4) is 0 Å². The minimum Gasteiger partial charge on any atom is -0.487 e. The summed E-state index contributed by atoms with van der Waals surface area (Å²) >= 11 is 13.0. The van der Waals surface area contributed by atoms with E-state index in [0.717, 1.165) is 0 Å². The predicted octanol–water partition coefficient (Wildman–Crippen LogP) is 5.03. The Kier molecular flexibility index (Phi) is 7.76. The fraction of sp³-hybridized carbons (Fsp3) is 0.348. The monoisotopic (exact) mass is 527 g/mol. The van der Waals surface area contributed by atoms with Crippen LogP contribution in [-0.2, 0) is 18.4 Å². The second-order valence-corrected chi connectivity index (χ2v) is 9.64. The van der Waals surface area contributed by atoms with Crippen molar-refractivity contribution in [1.82, 2.24) is 14.9 Å². The van der Waals surface area contributed by atoms with Crippen molar-refractivity contribution < 1.29 is 23.1 Å². The molecule has 0 aliphatic rings. The van der Waals surface area contributed by atoms with Crippen molar-refractivity contribution in [2.75, 3.05) is 11.9 Å². The van der Waals surface area contributed by atoms with Crippen molar-refractivity contribution in [3.05, 3.63) is 45.4 Å². The number of nitrogens with one attached hydrogen (secondary N) is 2. The van der Waals surface area contributed by atoms with Gasteiger partial charge in [0.2, 0.25) is 11.9 Å². The van der Waals surface area contributed by atoms with Gasteiger partial charge in [-0.2, -0.15) is 0 Å². The fourth-order valence-corrected chi connectivity index (χ4v) is 3.73. The van der Waals surface area contributed by atoms with Crippen molar-refractivity contribution in [1.29, 1.82) is 0 Å². The lowest BCUT2D eigenvalue weighted by molar-refractivity contribution is -0.128. The van der Waals surface area contributed by atoms with Gasteiger partial charge in [0.1, 0.15) is 12.4 Å². The van der Waals surface area contributed by atoms with Crippen LogP contribution in [-0.4, -0.2) is 34.4 Å². The molecule has 2 aromatic carbocycles. The Morgan fingerprint density at radius 2 is 1.91 bits per heavy atom. The number of amides is 2. The second-order valence-electron chi connectivity index (χ2n) is 8.85.